The number of ether oxygens (including phenoxy) is 1. The molecule has 1 atom stereocenters. The molecule has 0 fully saturated rings. The number of fused-ring (bicyclic) bond motifs is 1. The molecule has 0 amide bonds. The van der Waals surface area contributed by atoms with Gasteiger partial charge in [-0.05, 0) is 30.7 Å². The van der Waals surface area contributed by atoms with Crippen molar-refractivity contribution in [2.24, 2.45) is 0 Å². The molecule has 88 valence electrons. The summed E-state index contributed by atoms with van der Waals surface area (Å²) >= 11 is 6.04. The van der Waals surface area contributed by atoms with Crippen LogP contribution in [-0.2, 0) is 9.53 Å². The first kappa shape index (κ1) is 11.9. The second kappa shape index (κ2) is 5.15. The Morgan fingerprint density at radius 1 is 1.47 bits per heavy atom. The summed E-state index contributed by atoms with van der Waals surface area (Å²) in [4.78, 5) is 15.7. The molecule has 0 bridgehead atoms. The molecule has 4 heteroatoms. The smallest absolute Gasteiger partial charge is 0.328 e. The van der Waals surface area contributed by atoms with E-state index in [0.29, 0.717) is 6.61 Å². The molecule has 1 aromatic heterocycles. The Kier molecular flexibility index (Phi) is 3.59. The van der Waals surface area contributed by atoms with E-state index in [-0.39, 0.29) is 0 Å². The molecule has 1 heterocycles. The average molecular weight is 250 g/mol. The SMILES string of the molecule is CCOC(=O)C(Cl)c1ccc2ncccc2c1. The van der Waals surface area contributed by atoms with Crippen LogP contribution in [0.25, 0.3) is 10.9 Å². The molecule has 17 heavy (non-hydrogen) atoms. The average Bonchev–Trinajstić information content (AvgIpc) is 2.37. The van der Waals surface area contributed by atoms with E-state index < -0.39 is 11.3 Å². The monoisotopic (exact) mass is 249 g/mol. The van der Waals surface area contributed by atoms with Gasteiger partial charge in [-0.1, -0.05) is 12.1 Å². The zero-order chi connectivity index (χ0) is 12.3. The minimum Gasteiger partial charge on any atom is -0.465 e. The van der Waals surface area contributed by atoms with Crippen molar-refractivity contribution in [3.8, 4) is 0 Å². The summed E-state index contributed by atoms with van der Waals surface area (Å²) in [5, 5.41) is 0.194. The van der Waals surface area contributed by atoms with Crippen LogP contribution < -0.4 is 0 Å². The van der Waals surface area contributed by atoms with Gasteiger partial charge in [0.15, 0.2) is 5.38 Å². The maximum absolute atomic E-state index is 11.5. The Morgan fingerprint density at radius 3 is 3.06 bits per heavy atom. The van der Waals surface area contributed by atoms with Gasteiger partial charge in [0.2, 0.25) is 0 Å². The highest BCUT2D eigenvalue weighted by Gasteiger charge is 2.18. The van der Waals surface area contributed by atoms with Crippen LogP contribution in [-0.4, -0.2) is 17.6 Å². The number of esters is 1. The minimum absolute atomic E-state index is 0.331. The summed E-state index contributed by atoms with van der Waals surface area (Å²) in [6.45, 7) is 2.09. The number of carbonyl (C=O) groups is 1. The van der Waals surface area contributed by atoms with Gasteiger partial charge in [-0.25, -0.2) is 0 Å². The van der Waals surface area contributed by atoms with Crippen LogP contribution in [0.1, 0.15) is 17.9 Å². The Labute approximate surface area is 104 Å². The van der Waals surface area contributed by atoms with E-state index >= 15 is 0 Å². The standard InChI is InChI=1S/C13H12ClNO2/c1-2-17-13(16)12(14)10-5-6-11-9(8-10)4-3-7-15-11/h3-8,12H,2H2,1H3. The second-order valence-corrected chi connectivity index (χ2v) is 4.01. The van der Waals surface area contributed by atoms with Gasteiger partial charge in [-0.2, -0.15) is 0 Å². The summed E-state index contributed by atoms with van der Waals surface area (Å²) < 4.78 is 4.88. The molecule has 0 aliphatic rings. The van der Waals surface area contributed by atoms with Gasteiger partial charge in [0.1, 0.15) is 0 Å². The number of aromatic nitrogens is 1. The van der Waals surface area contributed by atoms with Crippen molar-refractivity contribution in [2.75, 3.05) is 6.61 Å². The normalized spacial score (nSPS) is 12.4. The maximum atomic E-state index is 11.5. The predicted octanol–water partition coefficient (Wildman–Crippen LogP) is 3.08. The molecule has 0 radical (unpaired) electrons. The third-order valence-electron chi connectivity index (χ3n) is 2.41. The molecule has 1 aromatic carbocycles. The molecule has 0 N–H and O–H groups in total. The Morgan fingerprint density at radius 2 is 2.29 bits per heavy atom. The van der Waals surface area contributed by atoms with E-state index in [2.05, 4.69) is 4.98 Å². The van der Waals surface area contributed by atoms with Crippen LogP contribution in [0.15, 0.2) is 36.5 Å². The molecule has 0 saturated heterocycles. The second-order valence-electron chi connectivity index (χ2n) is 3.57. The summed E-state index contributed by atoms with van der Waals surface area (Å²) in [6.07, 6.45) is 1.73. The number of hydrogen-bond acceptors (Lipinski definition) is 3. The summed E-state index contributed by atoms with van der Waals surface area (Å²) in [6, 6.07) is 9.28. The van der Waals surface area contributed by atoms with Crippen LogP contribution in [0, 0.1) is 0 Å². The van der Waals surface area contributed by atoms with Gasteiger partial charge in [-0.3, -0.25) is 9.78 Å². The molecule has 2 aromatic rings. The van der Waals surface area contributed by atoms with Gasteiger partial charge in [0.05, 0.1) is 12.1 Å². The first-order valence-electron chi connectivity index (χ1n) is 5.37. The summed E-state index contributed by atoms with van der Waals surface area (Å²) in [5.41, 5.74) is 1.61. The number of nitrogens with zero attached hydrogens (tertiary/aromatic N) is 1. The fraction of sp³-hybridized carbons (Fsp3) is 0.231. The third kappa shape index (κ3) is 2.56. The number of rotatable bonds is 3. The van der Waals surface area contributed by atoms with Crippen LogP contribution in [0.4, 0.5) is 0 Å². The minimum atomic E-state index is -0.764. The molecule has 0 aliphatic heterocycles. The van der Waals surface area contributed by atoms with E-state index in [9.17, 15) is 4.79 Å². The van der Waals surface area contributed by atoms with Crippen LogP contribution in [0.2, 0.25) is 0 Å². The van der Waals surface area contributed by atoms with E-state index in [1.54, 1.807) is 19.2 Å². The molecule has 0 spiro atoms. The lowest BCUT2D eigenvalue weighted by atomic mass is 10.1. The fourth-order valence-corrected chi connectivity index (χ4v) is 1.80. The fourth-order valence-electron chi connectivity index (χ4n) is 1.60. The quantitative estimate of drug-likeness (QED) is 0.620. The molecular formula is C13H12ClNO2. The van der Waals surface area contributed by atoms with Gasteiger partial charge < -0.3 is 4.74 Å². The summed E-state index contributed by atoms with van der Waals surface area (Å²) in [5.74, 6) is -0.419. The van der Waals surface area contributed by atoms with Gasteiger partial charge in [0, 0.05) is 11.6 Å². The summed E-state index contributed by atoms with van der Waals surface area (Å²) in [7, 11) is 0. The van der Waals surface area contributed by atoms with E-state index in [0.717, 1.165) is 16.5 Å². The highest BCUT2D eigenvalue weighted by molar-refractivity contribution is 6.30. The number of hydrogen-bond donors (Lipinski definition) is 0. The molecule has 0 saturated carbocycles. The first-order chi connectivity index (χ1) is 8.22. The number of benzene rings is 1. The lowest BCUT2D eigenvalue weighted by Crippen LogP contribution is -2.10. The van der Waals surface area contributed by atoms with E-state index in [1.807, 2.05) is 24.3 Å². The van der Waals surface area contributed by atoms with Crippen molar-refractivity contribution in [3.63, 3.8) is 0 Å². The number of alkyl halides is 1. The lowest BCUT2D eigenvalue weighted by molar-refractivity contribution is -0.142. The molecule has 2 rings (SSSR count). The van der Waals surface area contributed by atoms with Crippen LogP contribution in [0.5, 0.6) is 0 Å². The molecule has 3 nitrogen and oxygen atoms in total. The highest BCUT2D eigenvalue weighted by atomic mass is 35.5. The number of pyridine rings is 1. The Bertz CT molecular complexity index is 542. The van der Waals surface area contributed by atoms with Crippen molar-refractivity contribution >= 4 is 28.5 Å². The Hall–Kier alpha value is -1.61. The van der Waals surface area contributed by atoms with Crippen LogP contribution in [0.3, 0.4) is 0 Å². The van der Waals surface area contributed by atoms with Crippen molar-refractivity contribution in [2.45, 2.75) is 12.3 Å². The zero-order valence-electron chi connectivity index (χ0n) is 9.39. The predicted molar refractivity (Wildman–Crippen MR) is 67.0 cm³/mol. The van der Waals surface area contributed by atoms with Crippen molar-refractivity contribution in [1.29, 1.82) is 0 Å². The molecular weight excluding hydrogens is 238 g/mol. The van der Waals surface area contributed by atoms with Gasteiger partial charge in [-0.15, -0.1) is 11.6 Å². The zero-order valence-corrected chi connectivity index (χ0v) is 10.1. The van der Waals surface area contributed by atoms with E-state index in [1.165, 1.54) is 0 Å². The van der Waals surface area contributed by atoms with Crippen molar-refractivity contribution in [3.05, 3.63) is 42.1 Å². The molecule has 0 aliphatic carbocycles. The van der Waals surface area contributed by atoms with E-state index in [4.69, 9.17) is 16.3 Å². The topological polar surface area (TPSA) is 39.2 Å². The van der Waals surface area contributed by atoms with Crippen molar-refractivity contribution in [1.82, 2.24) is 4.98 Å². The lowest BCUT2D eigenvalue weighted by Gasteiger charge is -2.09. The first-order valence-corrected chi connectivity index (χ1v) is 5.81. The maximum Gasteiger partial charge on any atom is 0.328 e. The number of carbonyl (C=O) groups excluding carboxylic acids is 1. The Balaban J connectivity index is 2.32. The van der Waals surface area contributed by atoms with Gasteiger partial charge in [0.25, 0.3) is 0 Å². The largest absolute Gasteiger partial charge is 0.465 e. The van der Waals surface area contributed by atoms with Crippen molar-refractivity contribution < 1.29 is 9.53 Å². The van der Waals surface area contributed by atoms with Gasteiger partial charge >= 0.3 is 5.97 Å². The highest BCUT2D eigenvalue weighted by Crippen LogP contribution is 2.25. The number of halogens is 1. The van der Waals surface area contributed by atoms with Crippen LogP contribution >= 0.6 is 11.6 Å². The molecule has 1 unspecified atom stereocenters. The third-order valence-corrected chi connectivity index (χ3v) is 2.84.